The summed E-state index contributed by atoms with van der Waals surface area (Å²) in [7, 11) is 0. The highest BCUT2D eigenvalue weighted by atomic mass is 16.4. The third kappa shape index (κ3) is 6.40. The number of aliphatic carboxylic acids is 1. The zero-order valence-electron chi connectivity index (χ0n) is 13.1. The first kappa shape index (κ1) is 17.0. The van der Waals surface area contributed by atoms with Gasteiger partial charge in [-0.15, -0.1) is 0 Å². The molecule has 0 saturated heterocycles. The number of carbonyl (C=O) groups is 2. The number of carboxylic acid groups (broad SMARTS) is 1. The van der Waals surface area contributed by atoms with Gasteiger partial charge in [-0.3, -0.25) is 9.59 Å². The standard InChI is InChI=1S/C16H29NO3/c1-4-12-5-7-13(8-6-12)11-17-14(18)9-16(2,3)10-15(19)20/h12-13H,4-11H2,1-3H3,(H,17,18)(H,19,20). The van der Waals surface area contributed by atoms with E-state index in [0.29, 0.717) is 5.92 Å². The number of amides is 1. The topological polar surface area (TPSA) is 66.4 Å². The molecule has 0 atom stereocenters. The summed E-state index contributed by atoms with van der Waals surface area (Å²) in [6.07, 6.45) is 6.55. The van der Waals surface area contributed by atoms with Crippen molar-refractivity contribution in [1.82, 2.24) is 5.32 Å². The Kier molecular flexibility index (Phi) is 6.50. The lowest BCUT2D eigenvalue weighted by Gasteiger charge is -2.28. The van der Waals surface area contributed by atoms with Crippen LogP contribution in [0.3, 0.4) is 0 Å². The minimum atomic E-state index is -0.847. The highest BCUT2D eigenvalue weighted by Gasteiger charge is 2.26. The van der Waals surface area contributed by atoms with Gasteiger partial charge in [-0.1, -0.05) is 40.0 Å². The third-order valence-electron chi connectivity index (χ3n) is 4.40. The molecule has 1 fully saturated rings. The fraction of sp³-hybridized carbons (Fsp3) is 0.875. The summed E-state index contributed by atoms with van der Waals surface area (Å²) in [6, 6.07) is 0. The van der Waals surface area contributed by atoms with Crippen molar-refractivity contribution < 1.29 is 14.7 Å². The quantitative estimate of drug-likeness (QED) is 0.754. The summed E-state index contributed by atoms with van der Waals surface area (Å²) in [5.41, 5.74) is -0.476. The Labute approximate surface area is 122 Å². The van der Waals surface area contributed by atoms with Crippen LogP contribution in [0.1, 0.15) is 65.7 Å². The number of carboxylic acids is 1. The third-order valence-corrected chi connectivity index (χ3v) is 4.40. The molecule has 4 nitrogen and oxygen atoms in total. The van der Waals surface area contributed by atoms with Gasteiger partial charge in [0.2, 0.25) is 5.91 Å². The van der Waals surface area contributed by atoms with Gasteiger partial charge in [0.05, 0.1) is 6.42 Å². The fourth-order valence-electron chi connectivity index (χ4n) is 3.07. The monoisotopic (exact) mass is 283 g/mol. The van der Waals surface area contributed by atoms with Gasteiger partial charge in [0.25, 0.3) is 0 Å². The summed E-state index contributed by atoms with van der Waals surface area (Å²) in [6.45, 7) is 6.65. The van der Waals surface area contributed by atoms with Crippen molar-refractivity contribution in [2.75, 3.05) is 6.54 Å². The highest BCUT2D eigenvalue weighted by Crippen LogP contribution is 2.30. The Morgan fingerprint density at radius 2 is 1.65 bits per heavy atom. The molecule has 116 valence electrons. The normalized spacial score (nSPS) is 23.4. The maximum absolute atomic E-state index is 11.9. The molecule has 0 radical (unpaired) electrons. The molecule has 1 amide bonds. The zero-order valence-corrected chi connectivity index (χ0v) is 13.1. The molecule has 1 aliphatic carbocycles. The number of rotatable bonds is 7. The van der Waals surface area contributed by atoms with E-state index >= 15 is 0 Å². The second kappa shape index (κ2) is 7.65. The fourth-order valence-corrected chi connectivity index (χ4v) is 3.07. The van der Waals surface area contributed by atoms with E-state index < -0.39 is 11.4 Å². The van der Waals surface area contributed by atoms with Crippen molar-refractivity contribution in [3.8, 4) is 0 Å². The van der Waals surface area contributed by atoms with Crippen LogP contribution in [0.4, 0.5) is 0 Å². The smallest absolute Gasteiger partial charge is 0.303 e. The van der Waals surface area contributed by atoms with E-state index in [1.807, 2.05) is 13.8 Å². The molecule has 4 heteroatoms. The van der Waals surface area contributed by atoms with E-state index in [1.54, 1.807) is 0 Å². The van der Waals surface area contributed by atoms with Gasteiger partial charge < -0.3 is 10.4 Å². The molecule has 0 spiro atoms. The first-order valence-corrected chi connectivity index (χ1v) is 7.81. The number of carbonyl (C=O) groups excluding carboxylic acids is 1. The summed E-state index contributed by atoms with van der Waals surface area (Å²) in [4.78, 5) is 22.6. The summed E-state index contributed by atoms with van der Waals surface area (Å²) < 4.78 is 0. The SMILES string of the molecule is CCC1CCC(CNC(=O)CC(C)(C)CC(=O)O)CC1. The van der Waals surface area contributed by atoms with Gasteiger partial charge in [-0.2, -0.15) is 0 Å². The van der Waals surface area contributed by atoms with Gasteiger partial charge >= 0.3 is 5.97 Å². The lowest BCUT2D eigenvalue weighted by molar-refractivity contribution is -0.139. The highest BCUT2D eigenvalue weighted by molar-refractivity contribution is 5.77. The van der Waals surface area contributed by atoms with Crippen LogP contribution in [0, 0.1) is 17.3 Å². The van der Waals surface area contributed by atoms with Crippen LogP contribution < -0.4 is 5.32 Å². The van der Waals surface area contributed by atoms with Crippen LogP contribution in [0.25, 0.3) is 0 Å². The average Bonchev–Trinajstić information content (AvgIpc) is 2.34. The van der Waals surface area contributed by atoms with E-state index in [-0.39, 0.29) is 18.7 Å². The molecule has 1 saturated carbocycles. The Morgan fingerprint density at radius 3 is 2.15 bits per heavy atom. The Hall–Kier alpha value is -1.06. The molecule has 1 rings (SSSR count). The minimum Gasteiger partial charge on any atom is -0.481 e. The Balaban J connectivity index is 2.25. The van der Waals surface area contributed by atoms with Crippen molar-refractivity contribution in [3.05, 3.63) is 0 Å². The van der Waals surface area contributed by atoms with Gasteiger partial charge in [-0.05, 0) is 30.1 Å². The maximum atomic E-state index is 11.9. The van der Waals surface area contributed by atoms with E-state index in [0.717, 1.165) is 12.5 Å². The maximum Gasteiger partial charge on any atom is 0.303 e. The van der Waals surface area contributed by atoms with Crippen molar-refractivity contribution in [2.45, 2.75) is 65.7 Å². The predicted octanol–water partition coefficient (Wildman–Crippen LogP) is 3.21. The van der Waals surface area contributed by atoms with Crippen LogP contribution in [0.2, 0.25) is 0 Å². The molecule has 1 aliphatic rings. The van der Waals surface area contributed by atoms with E-state index in [1.165, 1.54) is 32.1 Å². The second-order valence-electron chi connectivity index (χ2n) is 7.01. The molecule has 0 heterocycles. The molecular formula is C16H29NO3. The average molecular weight is 283 g/mol. The molecule has 0 unspecified atom stereocenters. The van der Waals surface area contributed by atoms with Crippen LogP contribution in [-0.2, 0) is 9.59 Å². The molecule has 20 heavy (non-hydrogen) atoms. The van der Waals surface area contributed by atoms with Gasteiger partial charge in [0, 0.05) is 13.0 Å². The van der Waals surface area contributed by atoms with E-state index in [2.05, 4.69) is 12.2 Å². The lowest BCUT2D eigenvalue weighted by atomic mass is 9.80. The molecule has 0 aliphatic heterocycles. The largest absolute Gasteiger partial charge is 0.481 e. The summed E-state index contributed by atoms with van der Waals surface area (Å²) in [5, 5.41) is 11.8. The van der Waals surface area contributed by atoms with Crippen molar-refractivity contribution in [2.24, 2.45) is 17.3 Å². The van der Waals surface area contributed by atoms with Crippen LogP contribution >= 0.6 is 0 Å². The van der Waals surface area contributed by atoms with Crippen molar-refractivity contribution in [3.63, 3.8) is 0 Å². The predicted molar refractivity (Wildman–Crippen MR) is 79.4 cm³/mol. The van der Waals surface area contributed by atoms with Crippen LogP contribution in [0.15, 0.2) is 0 Å². The Bertz CT molecular complexity index is 331. The molecule has 0 aromatic rings. The molecule has 0 bridgehead atoms. The first-order valence-electron chi connectivity index (χ1n) is 7.81. The minimum absolute atomic E-state index is 0.0196. The molecular weight excluding hydrogens is 254 g/mol. The van der Waals surface area contributed by atoms with Gasteiger partial charge in [-0.25, -0.2) is 0 Å². The molecule has 0 aromatic heterocycles. The van der Waals surface area contributed by atoms with Crippen molar-refractivity contribution >= 4 is 11.9 Å². The number of hydrogen-bond acceptors (Lipinski definition) is 2. The van der Waals surface area contributed by atoms with E-state index in [4.69, 9.17) is 5.11 Å². The zero-order chi connectivity index (χ0) is 15.2. The number of hydrogen-bond donors (Lipinski definition) is 2. The summed E-state index contributed by atoms with van der Waals surface area (Å²) >= 11 is 0. The first-order chi connectivity index (χ1) is 9.32. The Morgan fingerprint density at radius 1 is 1.10 bits per heavy atom. The molecule has 2 N–H and O–H groups in total. The lowest BCUT2D eigenvalue weighted by Crippen LogP contribution is -2.34. The van der Waals surface area contributed by atoms with Gasteiger partial charge in [0.15, 0.2) is 0 Å². The van der Waals surface area contributed by atoms with E-state index in [9.17, 15) is 9.59 Å². The summed E-state index contributed by atoms with van der Waals surface area (Å²) in [5.74, 6) is 0.607. The second-order valence-corrected chi connectivity index (χ2v) is 7.01. The molecule has 0 aromatic carbocycles. The van der Waals surface area contributed by atoms with Crippen LogP contribution in [0.5, 0.6) is 0 Å². The van der Waals surface area contributed by atoms with Crippen molar-refractivity contribution in [1.29, 1.82) is 0 Å². The van der Waals surface area contributed by atoms with Gasteiger partial charge in [0.1, 0.15) is 0 Å². The number of nitrogens with one attached hydrogen (secondary N) is 1. The van der Waals surface area contributed by atoms with Crippen LogP contribution in [-0.4, -0.2) is 23.5 Å².